The van der Waals surface area contributed by atoms with E-state index < -0.39 is 5.60 Å². The third-order valence-electron chi connectivity index (χ3n) is 6.81. The van der Waals surface area contributed by atoms with Gasteiger partial charge in [0.1, 0.15) is 17.1 Å². The average Bonchev–Trinajstić information content (AvgIpc) is 3.47. The van der Waals surface area contributed by atoms with Crippen molar-refractivity contribution in [1.82, 2.24) is 10.2 Å². The lowest BCUT2D eigenvalue weighted by atomic mass is 9.87. The molecule has 1 saturated heterocycles. The molecule has 8 nitrogen and oxygen atoms in total. The quantitative estimate of drug-likeness (QED) is 0.457. The standard InChI is InChI=1S/C30H38N2O6/c1-20-26(31-28(37-20)22-9-7-6-8-10-22)15-16-36-24-13-11-21(12-14-24)25-19-32(29(34)38-30(2,3)4)18-23(25)17-27(33)35-5/h6-14,23,25,28,31H,15-19H2,1-5H3/t23-,25-,28?/m0/s1. The van der Waals surface area contributed by atoms with E-state index in [1.807, 2.05) is 82.3 Å². The second-order valence-electron chi connectivity index (χ2n) is 10.8. The Morgan fingerprint density at radius 3 is 2.39 bits per heavy atom. The Morgan fingerprint density at radius 1 is 1.03 bits per heavy atom. The molecule has 0 radical (unpaired) electrons. The number of allylic oxidation sites excluding steroid dienone is 1. The van der Waals surface area contributed by atoms with Crippen molar-refractivity contribution < 1.29 is 28.5 Å². The number of ether oxygens (including phenoxy) is 4. The third-order valence-corrected chi connectivity index (χ3v) is 6.81. The summed E-state index contributed by atoms with van der Waals surface area (Å²) in [5.74, 6) is 1.30. The molecule has 204 valence electrons. The fourth-order valence-electron chi connectivity index (χ4n) is 4.88. The maximum Gasteiger partial charge on any atom is 0.410 e. The van der Waals surface area contributed by atoms with Gasteiger partial charge in [-0.25, -0.2) is 4.79 Å². The van der Waals surface area contributed by atoms with Crippen molar-refractivity contribution in [2.75, 3.05) is 26.8 Å². The van der Waals surface area contributed by atoms with Crippen LogP contribution in [-0.4, -0.2) is 49.4 Å². The zero-order valence-electron chi connectivity index (χ0n) is 22.9. The van der Waals surface area contributed by atoms with Gasteiger partial charge in [0.15, 0.2) is 6.23 Å². The summed E-state index contributed by atoms with van der Waals surface area (Å²) in [6, 6.07) is 18.0. The molecular weight excluding hydrogens is 484 g/mol. The van der Waals surface area contributed by atoms with Gasteiger partial charge in [-0.15, -0.1) is 0 Å². The van der Waals surface area contributed by atoms with Gasteiger partial charge in [0.2, 0.25) is 0 Å². The summed E-state index contributed by atoms with van der Waals surface area (Å²) in [5, 5.41) is 3.44. The molecule has 8 heteroatoms. The van der Waals surface area contributed by atoms with Crippen molar-refractivity contribution in [3.8, 4) is 5.75 Å². The molecule has 3 atom stereocenters. The Balaban J connectivity index is 1.34. The fraction of sp³-hybridized carbons (Fsp3) is 0.467. The average molecular weight is 523 g/mol. The van der Waals surface area contributed by atoms with Crippen LogP contribution in [0.2, 0.25) is 0 Å². The molecule has 4 rings (SSSR count). The highest BCUT2D eigenvalue weighted by atomic mass is 16.6. The minimum Gasteiger partial charge on any atom is -0.493 e. The molecule has 2 aromatic rings. The molecule has 2 aromatic carbocycles. The number of amides is 1. The first-order valence-electron chi connectivity index (χ1n) is 13.1. The van der Waals surface area contributed by atoms with Gasteiger partial charge in [-0.05, 0) is 51.3 Å². The molecule has 0 spiro atoms. The molecular formula is C30H38N2O6. The number of carbonyl (C=O) groups excluding carboxylic acids is 2. The minimum atomic E-state index is -0.580. The summed E-state index contributed by atoms with van der Waals surface area (Å²) < 4.78 is 22.5. The van der Waals surface area contributed by atoms with Crippen molar-refractivity contribution in [1.29, 1.82) is 0 Å². The van der Waals surface area contributed by atoms with Crippen LogP contribution in [0.5, 0.6) is 5.75 Å². The van der Waals surface area contributed by atoms with E-state index in [1.54, 1.807) is 4.90 Å². The molecule has 1 amide bonds. The molecule has 0 bridgehead atoms. The number of likely N-dealkylation sites (tertiary alicyclic amines) is 1. The lowest BCUT2D eigenvalue weighted by molar-refractivity contribution is -0.141. The van der Waals surface area contributed by atoms with E-state index in [0.717, 1.165) is 28.3 Å². The number of hydrogen-bond acceptors (Lipinski definition) is 7. The third kappa shape index (κ3) is 7.00. The molecule has 0 saturated carbocycles. The predicted octanol–water partition coefficient (Wildman–Crippen LogP) is 5.52. The Morgan fingerprint density at radius 2 is 1.74 bits per heavy atom. The predicted molar refractivity (Wildman–Crippen MR) is 143 cm³/mol. The van der Waals surface area contributed by atoms with Crippen LogP contribution >= 0.6 is 0 Å². The zero-order chi connectivity index (χ0) is 27.3. The molecule has 1 unspecified atom stereocenters. The van der Waals surface area contributed by atoms with Gasteiger partial charge in [0, 0.05) is 31.0 Å². The van der Waals surface area contributed by atoms with Crippen LogP contribution in [0.25, 0.3) is 0 Å². The van der Waals surface area contributed by atoms with Crippen molar-refractivity contribution in [3.05, 3.63) is 77.2 Å². The van der Waals surface area contributed by atoms with Crippen LogP contribution in [0.4, 0.5) is 4.79 Å². The number of nitrogens with zero attached hydrogens (tertiary/aromatic N) is 1. The summed E-state index contributed by atoms with van der Waals surface area (Å²) in [6.45, 7) is 8.94. The van der Waals surface area contributed by atoms with E-state index >= 15 is 0 Å². The lowest BCUT2D eigenvalue weighted by Gasteiger charge is -2.24. The van der Waals surface area contributed by atoms with E-state index in [0.29, 0.717) is 26.1 Å². The van der Waals surface area contributed by atoms with Crippen LogP contribution in [-0.2, 0) is 19.0 Å². The summed E-state index contributed by atoms with van der Waals surface area (Å²) in [4.78, 5) is 26.4. The smallest absolute Gasteiger partial charge is 0.410 e. The van der Waals surface area contributed by atoms with E-state index in [2.05, 4.69) is 5.32 Å². The normalized spacial score (nSPS) is 21.1. The number of esters is 1. The summed E-state index contributed by atoms with van der Waals surface area (Å²) in [6.07, 6.45) is 0.408. The second-order valence-corrected chi connectivity index (χ2v) is 10.8. The van der Waals surface area contributed by atoms with Crippen molar-refractivity contribution in [2.45, 2.75) is 58.3 Å². The van der Waals surface area contributed by atoms with Gasteiger partial charge >= 0.3 is 12.1 Å². The van der Waals surface area contributed by atoms with Crippen LogP contribution in [0, 0.1) is 5.92 Å². The van der Waals surface area contributed by atoms with E-state index in [1.165, 1.54) is 7.11 Å². The molecule has 38 heavy (non-hydrogen) atoms. The number of rotatable bonds is 8. The zero-order valence-corrected chi connectivity index (χ0v) is 22.9. The number of carbonyl (C=O) groups is 2. The number of benzene rings is 2. The summed E-state index contributed by atoms with van der Waals surface area (Å²) >= 11 is 0. The van der Waals surface area contributed by atoms with Gasteiger partial charge < -0.3 is 29.2 Å². The maximum absolute atomic E-state index is 12.7. The number of hydrogen-bond donors (Lipinski definition) is 1. The Hall–Kier alpha value is -3.68. The first-order valence-corrected chi connectivity index (χ1v) is 13.1. The monoisotopic (exact) mass is 522 g/mol. The van der Waals surface area contributed by atoms with E-state index in [4.69, 9.17) is 18.9 Å². The molecule has 0 aliphatic carbocycles. The highest BCUT2D eigenvalue weighted by Crippen LogP contribution is 2.36. The Bertz CT molecular complexity index is 1140. The van der Waals surface area contributed by atoms with Crippen molar-refractivity contribution in [2.24, 2.45) is 5.92 Å². The largest absolute Gasteiger partial charge is 0.493 e. The highest BCUT2D eigenvalue weighted by molar-refractivity contribution is 5.71. The highest BCUT2D eigenvalue weighted by Gasteiger charge is 2.39. The van der Waals surface area contributed by atoms with Crippen LogP contribution < -0.4 is 10.1 Å². The molecule has 2 aliphatic rings. The molecule has 2 heterocycles. The van der Waals surface area contributed by atoms with Gasteiger partial charge in [-0.1, -0.05) is 42.5 Å². The van der Waals surface area contributed by atoms with Gasteiger partial charge in [-0.3, -0.25) is 4.79 Å². The van der Waals surface area contributed by atoms with Crippen LogP contribution in [0.15, 0.2) is 66.1 Å². The van der Waals surface area contributed by atoms with Gasteiger partial charge in [-0.2, -0.15) is 0 Å². The van der Waals surface area contributed by atoms with Crippen molar-refractivity contribution >= 4 is 12.1 Å². The number of nitrogens with one attached hydrogen (secondary N) is 1. The maximum atomic E-state index is 12.7. The first kappa shape index (κ1) is 27.4. The van der Waals surface area contributed by atoms with Crippen LogP contribution in [0.1, 0.15) is 63.8 Å². The number of methoxy groups -OCH3 is 1. The molecule has 0 aromatic heterocycles. The summed E-state index contributed by atoms with van der Waals surface area (Å²) in [7, 11) is 1.39. The first-order chi connectivity index (χ1) is 18.1. The topological polar surface area (TPSA) is 86.3 Å². The molecule has 2 aliphatic heterocycles. The summed E-state index contributed by atoms with van der Waals surface area (Å²) in [5.41, 5.74) is 2.59. The molecule has 1 N–H and O–H groups in total. The second kappa shape index (κ2) is 11.8. The molecule has 1 fully saturated rings. The van der Waals surface area contributed by atoms with Gasteiger partial charge in [0.25, 0.3) is 0 Å². The minimum absolute atomic E-state index is 0.00164. The SMILES string of the molecule is COC(=O)C[C@H]1CN(C(=O)OC(C)(C)C)C[C@H]1c1ccc(OCCC2=C(C)OC(c3ccccc3)N2)cc1. The Kier molecular flexibility index (Phi) is 8.49. The van der Waals surface area contributed by atoms with Gasteiger partial charge in [0.05, 0.1) is 25.8 Å². The van der Waals surface area contributed by atoms with E-state index in [-0.39, 0.29) is 36.5 Å². The van der Waals surface area contributed by atoms with Crippen molar-refractivity contribution in [3.63, 3.8) is 0 Å². The fourth-order valence-corrected chi connectivity index (χ4v) is 4.88. The Labute approximate surface area is 224 Å². The van der Waals surface area contributed by atoms with E-state index in [9.17, 15) is 9.59 Å². The van der Waals surface area contributed by atoms with Crippen LogP contribution in [0.3, 0.4) is 0 Å². The lowest BCUT2D eigenvalue weighted by Crippen LogP contribution is -2.35.